The molecule has 2 N–H and O–H groups in total. The molecule has 1 fully saturated rings. The summed E-state index contributed by atoms with van der Waals surface area (Å²) in [5.41, 5.74) is 1.21. The van der Waals surface area contributed by atoms with Crippen molar-refractivity contribution in [1.29, 1.82) is 0 Å². The molecule has 4 amide bonds. The second-order valence-corrected chi connectivity index (χ2v) is 6.25. The molecule has 1 heterocycles. The number of amides is 4. The maximum Gasteiger partial charge on any atom is 0.328 e. The van der Waals surface area contributed by atoms with Gasteiger partial charge in [0.15, 0.2) is 0 Å². The predicted molar refractivity (Wildman–Crippen MR) is 94.5 cm³/mol. The van der Waals surface area contributed by atoms with Gasteiger partial charge in [0.25, 0.3) is 11.8 Å². The Kier molecular flexibility index (Phi) is 5.13. The summed E-state index contributed by atoms with van der Waals surface area (Å²) in [4.78, 5) is 34.5. The predicted octanol–water partition coefficient (Wildman–Crippen LogP) is 2.92. The molecule has 1 saturated heterocycles. The van der Waals surface area contributed by atoms with E-state index in [2.05, 4.69) is 15.9 Å². The third-order valence-corrected chi connectivity index (χ3v) is 4.14. The molecule has 0 aromatic heterocycles. The lowest BCUT2D eigenvalue weighted by atomic mass is 10.1. The zero-order chi connectivity index (χ0) is 18.7. The molecule has 2 aromatic rings. The summed E-state index contributed by atoms with van der Waals surface area (Å²) >= 11 is 3.37. The van der Waals surface area contributed by atoms with E-state index in [4.69, 9.17) is 4.74 Å². The lowest BCUT2D eigenvalue weighted by Crippen LogP contribution is -2.51. The van der Waals surface area contributed by atoms with Gasteiger partial charge in [0.2, 0.25) is 0 Å². The highest BCUT2D eigenvalue weighted by Crippen LogP contribution is 2.28. The third kappa shape index (κ3) is 4.15. The fourth-order valence-corrected chi connectivity index (χ4v) is 2.75. The molecule has 0 saturated carbocycles. The summed E-state index contributed by atoms with van der Waals surface area (Å²) in [6.45, 7) is 0.256. The van der Waals surface area contributed by atoms with Crippen LogP contribution in [0.15, 0.2) is 52.5 Å². The highest BCUT2D eigenvalue weighted by Gasteiger charge is 2.27. The van der Waals surface area contributed by atoms with Gasteiger partial charge in [-0.15, -0.1) is 0 Å². The van der Waals surface area contributed by atoms with E-state index < -0.39 is 17.8 Å². The van der Waals surface area contributed by atoms with E-state index in [0.29, 0.717) is 15.8 Å². The van der Waals surface area contributed by atoms with Gasteiger partial charge < -0.3 is 4.74 Å². The van der Waals surface area contributed by atoms with E-state index in [1.54, 1.807) is 30.3 Å². The Morgan fingerprint density at radius 2 is 1.65 bits per heavy atom. The normalized spacial score (nSPS) is 13.9. The maximum absolute atomic E-state index is 12.9. The number of hydrogen-bond donors (Lipinski definition) is 2. The van der Waals surface area contributed by atoms with Crippen molar-refractivity contribution in [2.45, 2.75) is 6.61 Å². The van der Waals surface area contributed by atoms with Gasteiger partial charge in [0.05, 0.1) is 4.47 Å². The number of rotatable bonds is 4. The van der Waals surface area contributed by atoms with Crippen LogP contribution in [0, 0.1) is 5.82 Å². The summed E-state index contributed by atoms with van der Waals surface area (Å²) in [6.07, 6.45) is 1.37. The van der Waals surface area contributed by atoms with Crippen molar-refractivity contribution in [1.82, 2.24) is 10.6 Å². The molecule has 2 aromatic carbocycles. The van der Waals surface area contributed by atoms with Gasteiger partial charge in [-0.3, -0.25) is 20.2 Å². The number of urea groups is 1. The van der Waals surface area contributed by atoms with Crippen LogP contribution in [0.4, 0.5) is 9.18 Å². The lowest BCUT2D eigenvalue weighted by molar-refractivity contribution is -0.123. The summed E-state index contributed by atoms with van der Waals surface area (Å²) in [7, 11) is 0. The van der Waals surface area contributed by atoms with Crippen LogP contribution in [0.25, 0.3) is 6.08 Å². The minimum atomic E-state index is -0.845. The number of nitrogens with one attached hydrogen (secondary N) is 2. The van der Waals surface area contributed by atoms with Crippen LogP contribution in [-0.4, -0.2) is 17.8 Å². The van der Waals surface area contributed by atoms with Gasteiger partial charge in [-0.2, -0.15) is 0 Å². The average molecular weight is 419 g/mol. The number of halogens is 2. The Morgan fingerprint density at radius 3 is 2.27 bits per heavy atom. The van der Waals surface area contributed by atoms with Gasteiger partial charge in [-0.25, -0.2) is 9.18 Å². The molecular formula is C18H12BrFN2O4. The number of imide groups is 2. The van der Waals surface area contributed by atoms with Gasteiger partial charge in [0.1, 0.15) is 23.7 Å². The van der Waals surface area contributed by atoms with Crippen LogP contribution in [0.3, 0.4) is 0 Å². The monoisotopic (exact) mass is 418 g/mol. The van der Waals surface area contributed by atoms with Crippen LogP contribution in [0.1, 0.15) is 11.1 Å². The second kappa shape index (κ2) is 7.49. The minimum Gasteiger partial charge on any atom is -0.488 e. The van der Waals surface area contributed by atoms with Crippen molar-refractivity contribution in [2.75, 3.05) is 0 Å². The number of carbonyl (C=O) groups is 3. The summed E-state index contributed by atoms with van der Waals surface area (Å²) in [5, 5.41) is 4.01. The Hall–Kier alpha value is -3.00. The van der Waals surface area contributed by atoms with E-state index in [9.17, 15) is 18.8 Å². The molecule has 1 aliphatic rings. The first-order valence-corrected chi connectivity index (χ1v) is 8.27. The van der Waals surface area contributed by atoms with Crippen molar-refractivity contribution in [3.8, 4) is 5.75 Å². The largest absolute Gasteiger partial charge is 0.488 e. The number of benzene rings is 2. The minimum absolute atomic E-state index is 0.170. The summed E-state index contributed by atoms with van der Waals surface area (Å²) in [5.74, 6) is -1.29. The number of carbonyl (C=O) groups excluding carboxylic acids is 3. The summed E-state index contributed by atoms with van der Waals surface area (Å²) < 4.78 is 19.2. The van der Waals surface area contributed by atoms with Gasteiger partial charge >= 0.3 is 6.03 Å². The highest BCUT2D eigenvalue weighted by atomic mass is 79.9. The molecule has 26 heavy (non-hydrogen) atoms. The fraction of sp³-hybridized carbons (Fsp3) is 0.0556. The number of hydrogen-bond acceptors (Lipinski definition) is 4. The van der Waals surface area contributed by atoms with Crippen molar-refractivity contribution >= 4 is 39.9 Å². The van der Waals surface area contributed by atoms with Crippen molar-refractivity contribution in [3.05, 3.63) is 69.5 Å². The van der Waals surface area contributed by atoms with Crippen molar-refractivity contribution in [2.24, 2.45) is 0 Å². The fourth-order valence-electron chi connectivity index (χ4n) is 2.24. The zero-order valence-electron chi connectivity index (χ0n) is 13.2. The Balaban J connectivity index is 1.74. The van der Waals surface area contributed by atoms with E-state index >= 15 is 0 Å². The van der Waals surface area contributed by atoms with Crippen molar-refractivity contribution < 1.29 is 23.5 Å². The van der Waals surface area contributed by atoms with E-state index in [-0.39, 0.29) is 18.0 Å². The van der Waals surface area contributed by atoms with E-state index in [1.165, 1.54) is 18.2 Å². The van der Waals surface area contributed by atoms with Gasteiger partial charge in [-0.1, -0.05) is 18.2 Å². The molecular weight excluding hydrogens is 407 g/mol. The first-order chi connectivity index (χ1) is 12.4. The quantitative estimate of drug-likeness (QED) is 0.590. The standard InChI is InChI=1S/C18H12BrFN2O4/c19-14-8-11(7-13-16(23)21-18(25)22-17(13)24)3-6-15(14)26-9-10-1-4-12(20)5-2-10/h1-8H,9H2,(H2,21,22,23,24,25). The molecule has 0 radical (unpaired) electrons. The maximum atomic E-state index is 12.9. The molecule has 132 valence electrons. The Bertz CT molecular complexity index is 903. The first kappa shape index (κ1) is 17.8. The van der Waals surface area contributed by atoms with Gasteiger partial charge in [0, 0.05) is 0 Å². The smallest absolute Gasteiger partial charge is 0.328 e. The first-order valence-electron chi connectivity index (χ1n) is 7.47. The lowest BCUT2D eigenvalue weighted by Gasteiger charge is -2.14. The average Bonchev–Trinajstić information content (AvgIpc) is 2.59. The highest BCUT2D eigenvalue weighted by molar-refractivity contribution is 9.10. The molecule has 3 rings (SSSR count). The molecule has 0 spiro atoms. The van der Waals surface area contributed by atoms with Crippen LogP contribution >= 0.6 is 15.9 Å². The molecule has 6 nitrogen and oxygen atoms in total. The third-order valence-electron chi connectivity index (χ3n) is 3.52. The molecule has 8 heteroatoms. The van der Waals surface area contributed by atoms with Crippen LogP contribution in [-0.2, 0) is 16.2 Å². The van der Waals surface area contributed by atoms with E-state index in [1.807, 2.05) is 10.6 Å². The molecule has 0 aliphatic carbocycles. The molecule has 1 aliphatic heterocycles. The number of barbiturate groups is 1. The Morgan fingerprint density at radius 1 is 1.00 bits per heavy atom. The second-order valence-electron chi connectivity index (χ2n) is 5.40. The molecule has 0 bridgehead atoms. The van der Waals surface area contributed by atoms with Crippen LogP contribution in [0.5, 0.6) is 5.75 Å². The SMILES string of the molecule is O=C1NC(=O)C(=Cc2ccc(OCc3ccc(F)cc3)c(Br)c2)C(=O)N1. The Labute approximate surface area is 156 Å². The van der Waals surface area contributed by atoms with E-state index in [0.717, 1.165) is 5.56 Å². The van der Waals surface area contributed by atoms with Crippen LogP contribution < -0.4 is 15.4 Å². The molecule has 0 atom stereocenters. The molecule has 0 unspecified atom stereocenters. The van der Waals surface area contributed by atoms with Crippen molar-refractivity contribution in [3.63, 3.8) is 0 Å². The topological polar surface area (TPSA) is 84.5 Å². The van der Waals surface area contributed by atoms with Gasteiger partial charge in [-0.05, 0) is 57.4 Å². The zero-order valence-corrected chi connectivity index (χ0v) is 14.8. The van der Waals surface area contributed by atoms with Crippen LogP contribution in [0.2, 0.25) is 0 Å². The number of ether oxygens (including phenoxy) is 1. The summed E-state index contributed by atoms with van der Waals surface area (Å²) in [6, 6.07) is 10.1.